The zero-order chi connectivity index (χ0) is 14.7. The van der Waals surface area contributed by atoms with Gasteiger partial charge >= 0.3 is 11.9 Å². The molecule has 1 unspecified atom stereocenters. The van der Waals surface area contributed by atoms with Crippen molar-refractivity contribution < 1.29 is 29.4 Å². The number of carboxylic acid groups (broad SMARTS) is 2. The Labute approximate surface area is 109 Å². The largest absolute Gasteiger partial charge is 0.473 e. The number of hydrogen-bond acceptors (Lipinski definition) is 5. The molecule has 0 saturated carbocycles. The average molecular weight is 267 g/mol. The number of carbonyl (C=O) groups is 2. The van der Waals surface area contributed by atoms with E-state index in [9.17, 15) is 0 Å². The van der Waals surface area contributed by atoms with Crippen molar-refractivity contribution in [3.63, 3.8) is 0 Å². The van der Waals surface area contributed by atoms with E-state index in [0.717, 1.165) is 5.56 Å². The second-order valence-electron chi connectivity index (χ2n) is 2.95. The van der Waals surface area contributed by atoms with E-state index < -0.39 is 18.2 Å². The molecule has 1 aromatic carbocycles. The van der Waals surface area contributed by atoms with Crippen LogP contribution in [0.1, 0.15) is 5.56 Å². The van der Waals surface area contributed by atoms with Gasteiger partial charge in [-0.05, 0) is 18.1 Å². The van der Waals surface area contributed by atoms with Gasteiger partial charge in [0.2, 0.25) is 6.29 Å². The summed E-state index contributed by atoms with van der Waals surface area (Å²) in [6.07, 6.45) is -0.666. The van der Waals surface area contributed by atoms with Crippen LogP contribution in [0, 0.1) is 11.8 Å². The van der Waals surface area contributed by atoms with E-state index in [1.165, 1.54) is 7.11 Å². The molecular formula is C12H13NO6. The van der Waals surface area contributed by atoms with Crippen LogP contribution in [-0.4, -0.2) is 35.6 Å². The third kappa shape index (κ3) is 8.34. The molecule has 0 aliphatic rings. The first-order valence-electron chi connectivity index (χ1n) is 4.92. The van der Waals surface area contributed by atoms with Crippen molar-refractivity contribution in [2.24, 2.45) is 5.90 Å². The molecule has 1 rings (SSSR count). The number of ether oxygens (including phenoxy) is 1. The molecule has 0 radical (unpaired) electrons. The smallest absolute Gasteiger partial charge is 0.414 e. The summed E-state index contributed by atoms with van der Waals surface area (Å²) in [5.74, 6) is 6.85. The standard InChI is InChI=1S/C10H11NO2.C2H2O4/c1-12-10(13-11)8-7-9-5-3-2-4-6-9;3-1(4)2(5)6/h2-6,10H,11H2,1H3;(H,3,4)(H,5,6). The molecule has 1 atom stereocenters. The predicted octanol–water partition coefficient (Wildman–Crippen LogP) is 0.0565. The van der Waals surface area contributed by atoms with E-state index >= 15 is 0 Å². The van der Waals surface area contributed by atoms with Gasteiger partial charge in [0.1, 0.15) is 0 Å². The van der Waals surface area contributed by atoms with Gasteiger partial charge in [0.05, 0.1) is 0 Å². The van der Waals surface area contributed by atoms with Gasteiger partial charge in [-0.2, -0.15) is 0 Å². The number of nitrogens with two attached hydrogens (primary N) is 1. The van der Waals surface area contributed by atoms with Gasteiger partial charge in [0.15, 0.2) is 0 Å². The Morgan fingerprint density at radius 3 is 2.11 bits per heavy atom. The molecular weight excluding hydrogens is 254 g/mol. The maximum absolute atomic E-state index is 9.10. The zero-order valence-corrected chi connectivity index (χ0v) is 10.1. The van der Waals surface area contributed by atoms with Crippen LogP contribution in [-0.2, 0) is 19.2 Å². The molecule has 7 nitrogen and oxygen atoms in total. The van der Waals surface area contributed by atoms with Crippen molar-refractivity contribution in [1.82, 2.24) is 0 Å². The molecule has 0 heterocycles. The van der Waals surface area contributed by atoms with Crippen LogP contribution in [0.4, 0.5) is 0 Å². The van der Waals surface area contributed by atoms with Crippen LogP contribution in [0.2, 0.25) is 0 Å². The maximum Gasteiger partial charge on any atom is 0.414 e. The molecule has 102 valence electrons. The minimum Gasteiger partial charge on any atom is -0.473 e. The zero-order valence-electron chi connectivity index (χ0n) is 10.1. The van der Waals surface area contributed by atoms with Gasteiger partial charge in [0.25, 0.3) is 0 Å². The highest BCUT2D eigenvalue weighted by Crippen LogP contribution is 1.95. The molecule has 0 bridgehead atoms. The van der Waals surface area contributed by atoms with E-state index in [-0.39, 0.29) is 0 Å². The van der Waals surface area contributed by atoms with Crippen LogP contribution < -0.4 is 5.90 Å². The first kappa shape index (κ1) is 16.6. The molecule has 0 fully saturated rings. The van der Waals surface area contributed by atoms with Crippen LogP contribution in [0.15, 0.2) is 30.3 Å². The minimum absolute atomic E-state index is 0.666. The molecule has 7 heteroatoms. The number of methoxy groups -OCH3 is 1. The first-order valence-corrected chi connectivity index (χ1v) is 4.92. The fraction of sp³-hybridized carbons (Fsp3) is 0.167. The Hall–Kier alpha value is -2.40. The number of carboxylic acids is 2. The van der Waals surface area contributed by atoms with E-state index in [1.807, 2.05) is 30.3 Å². The Bertz CT molecular complexity index is 446. The Morgan fingerprint density at radius 2 is 1.74 bits per heavy atom. The second kappa shape index (κ2) is 9.61. The summed E-state index contributed by atoms with van der Waals surface area (Å²) in [7, 11) is 1.48. The summed E-state index contributed by atoms with van der Waals surface area (Å²) in [5, 5.41) is 14.8. The highest BCUT2D eigenvalue weighted by molar-refractivity contribution is 6.27. The van der Waals surface area contributed by atoms with E-state index in [1.54, 1.807) is 0 Å². The molecule has 1 aromatic rings. The second-order valence-corrected chi connectivity index (χ2v) is 2.95. The van der Waals surface area contributed by atoms with Crippen molar-refractivity contribution in [3.05, 3.63) is 35.9 Å². The molecule has 0 spiro atoms. The Morgan fingerprint density at radius 1 is 1.21 bits per heavy atom. The fourth-order valence-corrected chi connectivity index (χ4v) is 0.812. The monoisotopic (exact) mass is 267 g/mol. The number of benzene rings is 1. The normalized spacial score (nSPS) is 10.2. The first-order chi connectivity index (χ1) is 9.01. The number of hydrogen-bond donors (Lipinski definition) is 3. The van der Waals surface area contributed by atoms with Crippen molar-refractivity contribution >= 4 is 11.9 Å². The SMILES string of the molecule is COC(C#Cc1ccccc1)ON.O=C(O)C(=O)O. The van der Waals surface area contributed by atoms with Crippen molar-refractivity contribution in [1.29, 1.82) is 0 Å². The fourth-order valence-electron chi connectivity index (χ4n) is 0.812. The van der Waals surface area contributed by atoms with Gasteiger partial charge in [0, 0.05) is 12.7 Å². The summed E-state index contributed by atoms with van der Waals surface area (Å²) in [4.78, 5) is 22.6. The minimum atomic E-state index is -1.82. The lowest BCUT2D eigenvalue weighted by Crippen LogP contribution is -2.16. The molecule has 0 aromatic heterocycles. The van der Waals surface area contributed by atoms with Gasteiger partial charge < -0.3 is 14.9 Å². The van der Waals surface area contributed by atoms with Crippen LogP contribution in [0.5, 0.6) is 0 Å². The van der Waals surface area contributed by atoms with Crippen LogP contribution in [0.25, 0.3) is 0 Å². The van der Waals surface area contributed by atoms with Gasteiger partial charge in [-0.15, -0.1) is 0 Å². The molecule has 0 aliphatic carbocycles. The topological polar surface area (TPSA) is 119 Å². The van der Waals surface area contributed by atoms with Gasteiger partial charge in [-0.3, -0.25) is 4.84 Å². The summed E-state index contributed by atoms with van der Waals surface area (Å²) < 4.78 is 4.80. The van der Waals surface area contributed by atoms with Gasteiger partial charge in [-0.1, -0.05) is 24.1 Å². The van der Waals surface area contributed by atoms with Crippen LogP contribution >= 0.6 is 0 Å². The van der Waals surface area contributed by atoms with E-state index in [4.69, 9.17) is 30.4 Å². The lowest BCUT2D eigenvalue weighted by molar-refractivity contribution is -0.159. The Kier molecular flexibility index (Phi) is 8.40. The average Bonchev–Trinajstić information content (AvgIpc) is 2.41. The highest BCUT2D eigenvalue weighted by atomic mass is 16.7. The third-order valence-electron chi connectivity index (χ3n) is 1.63. The highest BCUT2D eigenvalue weighted by Gasteiger charge is 2.04. The van der Waals surface area contributed by atoms with Crippen molar-refractivity contribution in [2.45, 2.75) is 6.29 Å². The third-order valence-corrected chi connectivity index (χ3v) is 1.63. The summed E-state index contributed by atoms with van der Waals surface area (Å²) in [6.45, 7) is 0. The van der Waals surface area contributed by atoms with Crippen LogP contribution in [0.3, 0.4) is 0 Å². The molecule has 4 N–H and O–H groups in total. The van der Waals surface area contributed by atoms with E-state index in [2.05, 4.69) is 16.7 Å². The summed E-state index contributed by atoms with van der Waals surface area (Å²) >= 11 is 0. The van der Waals surface area contributed by atoms with Crippen molar-refractivity contribution in [3.8, 4) is 11.8 Å². The Balaban J connectivity index is 0.000000459. The van der Waals surface area contributed by atoms with E-state index in [0.29, 0.717) is 0 Å². The summed E-state index contributed by atoms with van der Waals surface area (Å²) in [5.41, 5.74) is 0.904. The lowest BCUT2D eigenvalue weighted by atomic mass is 10.2. The van der Waals surface area contributed by atoms with Gasteiger partial charge in [-0.25, -0.2) is 15.5 Å². The maximum atomic E-state index is 9.10. The molecule has 0 saturated heterocycles. The molecule has 19 heavy (non-hydrogen) atoms. The predicted molar refractivity (Wildman–Crippen MR) is 64.7 cm³/mol. The molecule has 0 amide bonds. The lowest BCUT2D eigenvalue weighted by Gasteiger charge is -2.02. The molecule has 0 aliphatic heterocycles. The quantitative estimate of drug-likeness (QED) is 0.300. The van der Waals surface area contributed by atoms with Crippen molar-refractivity contribution in [2.75, 3.05) is 7.11 Å². The number of rotatable bonds is 2. The number of aliphatic carboxylic acids is 2. The summed E-state index contributed by atoms with van der Waals surface area (Å²) in [6, 6.07) is 9.55.